The van der Waals surface area contributed by atoms with Crippen molar-refractivity contribution in [3.8, 4) is 28.3 Å². The summed E-state index contributed by atoms with van der Waals surface area (Å²) in [7, 11) is 0. The average molecular weight is 551 g/mol. The predicted octanol–water partition coefficient (Wildman–Crippen LogP) is 6.53. The van der Waals surface area contributed by atoms with Crippen LogP contribution in [0.4, 0.5) is 23.2 Å². The molecule has 0 saturated carbocycles. The molecular weight excluding hydrogens is 532 g/mol. The van der Waals surface area contributed by atoms with Crippen LogP contribution >= 0.6 is 11.6 Å². The molecular formula is C25H19ClF4N4O4. The van der Waals surface area contributed by atoms with Crippen molar-refractivity contribution >= 4 is 29.2 Å². The van der Waals surface area contributed by atoms with Crippen molar-refractivity contribution < 1.29 is 36.4 Å². The molecule has 4 rings (SSSR count). The van der Waals surface area contributed by atoms with Crippen molar-refractivity contribution in [2.45, 2.75) is 33.1 Å². The number of aromatic nitrogens is 3. The quantitative estimate of drug-likeness (QED) is 0.216. The number of halogens is 5. The van der Waals surface area contributed by atoms with Crippen LogP contribution in [0.1, 0.15) is 36.8 Å². The van der Waals surface area contributed by atoms with E-state index in [0.29, 0.717) is 4.68 Å². The van der Waals surface area contributed by atoms with Crippen molar-refractivity contribution in [2.24, 2.45) is 0 Å². The van der Waals surface area contributed by atoms with Gasteiger partial charge in [0.1, 0.15) is 17.1 Å². The van der Waals surface area contributed by atoms with Gasteiger partial charge in [-0.25, -0.2) is 13.9 Å². The van der Waals surface area contributed by atoms with E-state index >= 15 is 0 Å². The molecule has 38 heavy (non-hydrogen) atoms. The Bertz CT molecular complexity index is 1510. The Morgan fingerprint density at radius 2 is 1.87 bits per heavy atom. The number of hydrogen-bond donors (Lipinski definition) is 1. The van der Waals surface area contributed by atoms with Crippen molar-refractivity contribution in [3.63, 3.8) is 0 Å². The zero-order chi connectivity index (χ0) is 27.8. The molecule has 2 aromatic heterocycles. The van der Waals surface area contributed by atoms with E-state index in [1.807, 2.05) is 0 Å². The molecule has 0 unspecified atom stereocenters. The Labute approximate surface area is 218 Å². The minimum absolute atomic E-state index is 0.0435. The van der Waals surface area contributed by atoms with Crippen LogP contribution in [0, 0.1) is 5.82 Å². The highest BCUT2D eigenvalue weighted by molar-refractivity contribution is 6.33. The van der Waals surface area contributed by atoms with Crippen LogP contribution in [0.2, 0.25) is 5.02 Å². The van der Waals surface area contributed by atoms with Crippen molar-refractivity contribution in [1.82, 2.24) is 14.9 Å². The van der Waals surface area contributed by atoms with E-state index in [2.05, 4.69) is 15.6 Å². The molecule has 0 aliphatic carbocycles. The summed E-state index contributed by atoms with van der Waals surface area (Å²) in [4.78, 5) is 24.5. The lowest BCUT2D eigenvalue weighted by Crippen LogP contribution is -2.16. The second-order valence-electron chi connectivity index (χ2n) is 8.33. The molecule has 1 N–H and O–H groups in total. The number of nitrogens with zero attached hydrogens (tertiary/aromatic N) is 3. The van der Waals surface area contributed by atoms with Crippen LogP contribution in [-0.2, 0) is 15.7 Å². The first-order valence-corrected chi connectivity index (χ1v) is 11.4. The first-order valence-electron chi connectivity index (χ1n) is 11.1. The largest absolute Gasteiger partial charge is 0.459 e. The summed E-state index contributed by atoms with van der Waals surface area (Å²) in [5.74, 6) is -3.04. The number of amides is 1. The zero-order valence-electron chi connectivity index (χ0n) is 20.1. The minimum atomic E-state index is -5.00. The molecule has 0 spiro atoms. The normalized spacial score (nSPS) is 11.6. The number of anilines is 1. The third-order valence-corrected chi connectivity index (χ3v) is 5.45. The molecule has 1 amide bonds. The Morgan fingerprint density at radius 1 is 1.16 bits per heavy atom. The Kier molecular flexibility index (Phi) is 7.27. The first-order chi connectivity index (χ1) is 17.9. The Hall–Kier alpha value is -4.19. The van der Waals surface area contributed by atoms with E-state index in [1.54, 1.807) is 0 Å². The summed E-state index contributed by atoms with van der Waals surface area (Å²) in [5, 5.41) is 9.92. The molecule has 0 radical (unpaired) electrons. The zero-order valence-corrected chi connectivity index (χ0v) is 20.8. The van der Waals surface area contributed by atoms with Gasteiger partial charge in [0.15, 0.2) is 11.5 Å². The third kappa shape index (κ3) is 5.25. The van der Waals surface area contributed by atoms with Gasteiger partial charge in [0.2, 0.25) is 5.91 Å². The molecule has 13 heteroatoms. The van der Waals surface area contributed by atoms with Crippen LogP contribution in [0.3, 0.4) is 0 Å². The summed E-state index contributed by atoms with van der Waals surface area (Å²) < 4.78 is 69.1. The molecule has 2 heterocycles. The SMILES string of the molecule is CC(=O)Nc1cccc(-n2ncc(-c3onc(-c4c(F)cccc4Cl)c3C(=O)OC(C)C)c2C(F)(F)F)c1. The number of rotatable bonds is 6. The van der Waals surface area contributed by atoms with E-state index < -0.39 is 58.2 Å². The average Bonchev–Trinajstić information content (AvgIpc) is 3.43. The Balaban J connectivity index is 1.97. The number of esters is 1. The lowest BCUT2D eigenvalue weighted by molar-refractivity contribution is -0.142. The van der Waals surface area contributed by atoms with Crippen molar-refractivity contribution in [3.05, 3.63) is 70.8 Å². The minimum Gasteiger partial charge on any atom is -0.459 e. The van der Waals surface area contributed by atoms with E-state index in [-0.39, 0.29) is 22.0 Å². The molecule has 0 atom stereocenters. The van der Waals surface area contributed by atoms with E-state index in [9.17, 15) is 27.2 Å². The number of hydrogen-bond acceptors (Lipinski definition) is 6. The predicted molar refractivity (Wildman–Crippen MR) is 129 cm³/mol. The van der Waals surface area contributed by atoms with Crippen molar-refractivity contribution in [2.75, 3.05) is 5.32 Å². The summed E-state index contributed by atoms with van der Waals surface area (Å²) in [6, 6.07) is 9.24. The van der Waals surface area contributed by atoms with E-state index in [4.69, 9.17) is 20.9 Å². The molecule has 198 valence electrons. The number of alkyl halides is 3. The van der Waals surface area contributed by atoms with Crippen LogP contribution in [-0.4, -0.2) is 32.9 Å². The molecule has 0 aliphatic heterocycles. The maximum Gasteiger partial charge on any atom is 0.434 e. The van der Waals surface area contributed by atoms with Gasteiger partial charge in [-0.15, -0.1) is 0 Å². The van der Waals surface area contributed by atoms with Crippen LogP contribution in [0.5, 0.6) is 0 Å². The van der Waals surface area contributed by atoms with Crippen LogP contribution in [0.25, 0.3) is 28.3 Å². The fraction of sp³-hybridized carbons (Fsp3) is 0.200. The molecule has 0 bridgehead atoms. The smallest absolute Gasteiger partial charge is 0.434 e. The topological polar surface area (TPSA) is 99.3 Å². The summed E-state index contributed by atoms with van der Waals surface area (Å²) in [6.45, 7) is 4.31. The monoisotopic (exact) mass is 550 g/mol. The first kappa shape index (κ1) is 26.9. The Morgan fingerprint density at radius 3 is 2.50 bits per heavy atom. The van der Waals surface area contributed by atoms with E-state index in [1.165, 1.54) is 57.2 Å². The summed E-state index contributed by atoms with van der Waals surface area (Å²) in [6.07, 6.45) is -4.83. The lowest BCUT2D eigenvalue weighted by Gasteiger charge is -2.14. The summed E-state index contributed by atoms with van der Waals surface area (Å²) in [5.41, 5.74) is -3.09. The number of carbonyl (C=O) groups excluding carboxylic acids is 2. The number of ether oxygens (including phenoxy) is 1. The van der Waals surface area contributed by atoms with Gasteiger partial charge in [-0.1, -0.05) is 28.9 Å². The number of carbonyl (C=O) groups is 2. The number of nitrogens with one attached hydrogen (secondary N) is 1. The van der Waals surface area contributed by atoms with Gasteiger partial charge < -0.3 is 14.6 Å². The highest BCUT2D eigenvalue weighted by Crippen LogP contribution is 2.43. The van der Waals surface area contributed by atoms with Gasteiger partial charge in [-0.3, -0.25) is 4.79 Å². The van der Waals surface area contributed by atoms with Gasteiger partial charge >= 0.3 is 12.1 Å². The second-order valence-corrected chi connectivity index (χ2v) is 8.74. The van der Waals surface area contributed by atoms with Crippen LogP contribution < -0.4 is 5.32 Å². The highest BCUT2D eigenvalue weighted by atomic mass is 35.5. The molecule has 0 saturated heterocycles. The fourth-order valence-corrected chi connectivity index (χ4v) is 3.99. The highest BCUT2D eigenvalue weighted by Gasteiger charge is 2.42. The molecule has 0 fully saturated rings. The molecule has 2 aromatic carbocycles. The molecule has 4 aromatic rings. The standard InChI is InChI=1S/C25H19ClF4N4O4/c1-12(2)37-24(36)20-21(19-17(26)8-5-9-18(19)27)33-38-22(20)16-11-31-34(23(16)25(28,29)30)15-7-4-6-14(10-15)32-13(3)35/h4-12H,1-3H3,(H,32,35). The van der Waals surface area contributed by atoms with Gasteiger partial charge in [-0.2, -0.15) is 18.3 Å². The fourth-order valence-electron chi connectivity index (χ4n) is 3.73. The second kappa shape index (κ2) is 10.3. The molecule has 8 nitrogen and oxygen atoms in total. The maximum atomic E-state index is 14.7. The van der Waals surface area contributed by atoms with Crippen molar-refractivity contribution in [1.29, 1.82) is 0 Å². The van der Waals surface area contributed by atoms with Gasteiger partial charge in [-0.05, 0) is 44.2 Å². The van der Waals surface area contributed by atoms with Gasteiger partial charge in [0.05, 0.1) is 34.1 Å². The van der Waals surface area contributed by atoms with Gasteiger partial charge in [0, 0.05) is 12.6 Å². The van der Waals surface area contributed by atoms with Gasteiger partial charge in [0.25, 0.3) is 0 Å². The van der Waals surface area contributed by atoms with Crippen LogP contribution in [0.15, 0.2) is 53.2 Å². The maximum absolute atomic E-state index is 14.7. The lowest BCUT2D eigenvalue weighted by atomic mass is 10.0. The van der Waals surface area contributed by atoms with E-state index in [0.717, 1.165) is 12.3 Å². The number of benzene rings is 2. The molecule has 0 aliphatic rings. The third-order valence-electron chi connectivity index (χ3n) is 5.13. The summed E-state index contributed by atoms with van der Waals surface area (Å²) >= 11 is 6.14.